The van der Waals surface area contributed by atoms with Crippen LogP contribution in [0.4, 0.5) is 4.39 Å². The van der Waals surface area contributed by atoms with Gasteiger partial charge in [0, 0.05) is 18.7 Å². The molecule has 0 unspecified atom stereocenters. The number of carboxylic acid groups (broad SMARTS) is 1. The standard InChI is InChI=1S/C15H15FN2O3/c16-12-3-1-2-10(6-12)14-17-13(9-21-14)8-18-5-4-11(7-18)15(19)20/h1-3,6,9,11H,4-5,7-8H2,(H,19,20)/t11-/m0/s1. The van der Waals surface area contributed by atoms with E-state index in [1.165, 1.54) is 18.4 Å². The second kappa shape index (κ2) is 5.65. The zero-order valence-corrected chi connectivity index (χ0v) is 11.3. The van der Waals surface area contributed by atoms with Crippen LogP contribution >= 0.6 is 0 Å². The smallest absolute Gasteiger partial charge is 0.307 e. The molecule has 1 aliphatic heterocycles. The molecule has 1 saturated heterocycles. The number of hydrogen-bond donors (Lipinski definition) is 1. The van der Waals surface area contributed by atoms with Gasteiger partial charge in [0.1, 0.15) is 12.1 Å². The zero-order valence-electron chi connectivity index (χ0n) is 11.3. The first-order chi connectivity index (χ1) is 10.1. The Bertz CT molecular complexity index is 656. The molecular formula is C15H15FN2O3. The number of carboxylic acids is 1. The number of rotatable bonds is 4. The van der Waals surface area contributed by atoms with E-state index in [0.29, 0.717) is 31.0 Å². The molecule has 2 aromatic rings. The van der Waals surface area contributed by atoms with Crippen molar-refractivity contribution in [3.63, 3.8) is 0 Å². The molecular weight excluding hydrogens is 275 g/mol. The third-order valence-corrected chi connectivity index (χ3v) is 3.63. The second-order valence-corrected chi connectivity index (χ2v) is 5.21. The van der Waals surface area contributed by atoms with E-state index in [-0.39, 0.29) is 11.7 Å². The Labute approximate surface area is 121 Å². The fraction of sp³-hybridized carbons (Fsp3) is 0.333. The number of halogens is 1. The van der Waals surface area contributed by atoms with Crippen LogP contribution in [0, 0.1) is 11.7 Å². The Hall–Kier alpha value is -2.21. The number of aromatic nitrogens is 1. The molecule has 0 aliphatic carbocycles. The summed E-state index contributed by atoms with van der Waals surface area (Å²) >= 11 is 0. The fourth-order valence-electron chi connectivity index (χ4n) is 2.54. The molecule has 3 rings (SSSR count). The van der Waals surface area contributed by atoms with Crippen molar-refractivity contribution in [3.05, 3.63) is 42.0 Å². The van der Waals surface area contributed by atoms with Crippen LogP contribution in [-0.2, 0) is 11.3 Å². The van der Waals surface area contributed by atoms with Gasteiger partial charge < -0.3 is 9.52 Å². The van der Waals surface area contributed by atoms with Gasteiger partial charge in [0.2, 0.25) is 5.89 Å². The van der Waals surface area contributed by atoms with Gasteiger partial charge in [0.25, 0.3) is 0 Å². The third kappa shape index (κ3) is 3.11. The van der Waals surface area contributed by atoms with Gasteiger partial charge in [0.15, 0.2) is 0 Å². The molecule has 5 nitrogen and oxygen atoms in total. The Balaban J connectivity index is 1.67. The maximum atomic E-state index is 13.2. The molecule has 6 heteroatoms. The number of aliphatic carboxylic acids is 1. The van der Waals surface area contributed by atoms with Crippen LogP contribution < -0.4 is 0 Å². The topological polar surface area (TPSA) is 66.6 Å². The predicted molar refractivity (Wildman–Crippen MR) is 72.9 cm³/mol. The molecule has 0 bridgehead atoms. The number of benzene rings is 1. The molecule has 1 aromatic heterocycles. The lowest BCUT2D eigenvalue weighted by Gasteiger charge is -2.12. The van der Waals surface area contributed by atoms with Crippen LogP contribution in [0.15, 0.2) is 34.9 Å². The summed E-state index contributed by atoms with van der Waals surface area (Å²) in [6.45, 7) is 1.80. The van der Waals surface area contributed by atoms with Crippen molar-refractivity contribution in [2.75, 3.05) is 13.1 Å². The molecule has 110 valence electrons. The van der Waals surface area contributed by atoms with Crippen LogP contribution in [0.3, 0.4) is 0 Å². The van der Waals surface area contributed by atoms with E-state index in [2.05, 4.69) is 4.98 Å². The van der Waals surface area contributed by atoms with Crippen molar-refractivity contribution in [2.45, 2.75) is 13.0 Å². The predicted octanol–water partition coefficient (Wildman–Crippen LogP) is 2.39. The van der Waals surface area contributed by atoms with Crippen molar-refractivity contribution < 1.29 is 18.7 Å². The van der Waals surface area contributed by atoms with Gasteiger partial charge in [-0.25, -0.2) is 9.37 Å². The molecule has 0 radical (unpaired) electrons. The molecule has 1 atom stereocenters. The van der Waals surface area contributed by atoms with Gasteiger partial charge in [-0.05, 0) is 31.2 Å². The van der Waals surface area contributed by atoms with E-state index in [1.54, 1.807) is 12.1 Å². The van der Waals surface area contributed by atoms with E-state index >= 15 is 0 Å². The van der Waals surface area contributed by atoms with Crippen LogP contribution in [0.5, 0.6) is 0 Å². The molecule has 0 amide bonds. The average molecular weight is 290 g/mol. The first-order valence-electron chi connectivity index (χ1n) is 6.77. The minimum absolute atomic E-state index is 0.306. The molecule has 1 aliphatic rings. The maximum absolute atomic E-state index is 13.2. The van der Waals surface area contributed by atoms with Crippen molar-refractivity contribution in [3.8, 4) is 11.5 Å². The number of carbonyl (C=O) groups is 1. The number of hydrogen-bond acceptors (Lipinski definition) is 4. The van der Waals surface area contributed by atoms with Gasteiger partial charge >= 0.3 is 5.97 Å². The minimum Gasteiger partial charge on any atom is -0.481 e. The minimum atomic E-state index is -0.752. The quantitative estimate of drug-likeness (QED) is 0.936. The Morgan fingerprint density at radius 2 is 2.38 bits per heavy atom. The number of oxazole rings is 1. The zero-order chi connectivity index (χ0) is 14.8. The van der Waals surface area contributed by atoms with E-state index < -0.39 is 5.97 Å². The molecule has 2 heterocycles. The normalized spacial score (nSPS) is 19.0. The largest absolute Gasteiger partial charge is 0.481 e. The van der Waals surface area contributed by atoms with E-state index in [9.17, 15) is 9.18 Å². The lowest BCUT2D eigenvalue weighted by atomic mass is 10.1. The first kappa shape index (κ1) is 13.8. The summed E-state index contributed by atoms with van der Waals surface area (Å²) in [6, 6.07) is 6.07. The van der Waals surface area contributed by atoms with Crippen molar-refractivity contribution in [1.29, 1.82) is 0 Å². The molecule has 1 N–H and O–H groups in total. The average Bonchev–Trinajstić information content (AvgIpc) is 3.08. The van der Waals surface area contributed by atoms with Gasteiger partial charge in [-0.1, -0.05) is 6.07 Å². The van der Waals surface area contributed by atoms with Crippen LogP contribution in [0.25, 0.3) is 11.5 Å². The Kier molecular flexibility index (Phi) is 3.70. The van der Waals surface area contributed by atoms with Crippen LogP contribution in [0.1, 0.15) is 12.1 Å². The summed E-state index contributed by atoms with van der Waals surface area (Å²) in [4.78, 5) is 17.3. The van der Waals surface area contributed by atoms with Gasteiger partial charge in [-0.15, -0.1) is 0 Å². The third-order valence-electron chi connectivity index (χ3n) is 3.63. The van der Waals surface area contributed by atoms with Crippen molar-refractivity contribution in [2.24, 2.45) is 5.92 Å². The summed E-state index contributed by atoms with van der Waals surface area (Å²) in [5.41, 5.74) is 1.31. The number of likely N-dealkylation sites (tertiary alicyclic amines) is 1. The Morgan fingerprint density at radius 3 is 3.10 bits per heavy atom. The number of nitrogens with zero attached hydrogens (tertiary/aromatic N) is 2. The highest BCUT2D eigenvalue weighted by molar-refractivity contribution is 5.70. The van der Waals surface area contributed by atoms with E-state index in [4.69, 9.17) is 9.52 Å². The monoisotopic (exact) mass is 290 g/mol. The SMILES string of the molecule is O=C(O)[C@H]1CCN(Cc2coc(-c3cccc(F)c3)n2)C1. The van der Waals surface area contributed by atoms with E-state index in [0.717, 1.165) is 12.2 Å². The molecule has 1 fully saturated rings. The lowest BCUT2D eigenvalue weighted by molar-refractivity contribution is -0.141. The first-order valence-corrected chi connectivity index (χ1v) is 6.77. The highest BCUT2D eigenvalue weighted by atomic mass is 19.1. The van der Waals surface area contributed by atoms with Crippen molar-refractivity contribution in [1.82, 2.24) is 9.88 Å². The highest BCUT2D eigenvalue weighted by Gasteiger charge is 2.28. The van der Waals surface area contributed by atoms with Gasteiger partial charge in [-0.3, -0.25) is 9.69 Å². The molecule has 0 saturated carbocycles. The van der Waals surface area contributed by atoms with Crippen LogP contribution in [0.2, 0.25) is 0 Å². The van der Waals surface area contributed by atoms with Gasteiger partial charge in [-0.2, -0.15) is 0 Å². The lowest BCUT2D eigenvalue weighted by Crippen LogP contribution is -2.22. The molecule has 21 heavy (non-hydrogen) atoms. The molecule has 0 spiro atoms. The fourth-order valence-corrected chi connectivity index (χ4v) is 2.54. The summed E-state index contributed by atoms with van der Waals surface area (Å²) in [6.07, 6.45) is 2.19. The second-order valence-electron chi connectivity index (χ2n) is 5.21. The van der Waals surface area contributed by atoms with Gasteiger partial charge in [0.05, 0.1) is 11.6 Å². The summed E-state index contributed by atoms with van der Waals surface area (Å²) in [5.74, 6) is -1.02. The highest BCUT2D eigenvalue weighted by Crippen LogP contribution is 2.22. The maximum Gasteiger partial charge on any atom is 0.307 e. The van der Waals surface area contributed by atoms with E-state index in [1.807, 2.05) is 4.90 Å². The Morgan fingerprint density at radius 1 is 1.52 bits per heavy atom. The summed E-state index contributed by atoms with van der Waals surface area (Å²) < 4.78 is 18.5. The molecule has 1 aromatic carbocycles. The van der Waals surface area contributed by atoms with Crippen molar-refractivity contribution >= 4 is 5.97 Å². The summed E-state index contributed by atoms with van der Waals surface area (Å²) in [7, 11) is 0. The van der Waals surface area contributed by atoms with Crippen LogP contribution in [-0.4, -0.2) is 34.0 Å². The summed E-state index contributed by atoms with van der Waals surface area (Å²) in [5, 5.41) is 8.98.